The Hall–Kier alpha value is -1.45. The molecule has 11 heavy (non-hydrogen) atoms. The molecule has 0 aliphatic rings. The molecule has 2 heterocycles. The van der Waals surface area contributed by atoms with E-state index < -0.39 is 0 Å². The number of hydrogen-bond acceptors (Lipinski definition) is 3. The summed E-state index contributed by atoms with van der Waals surface area (Å²) >= 11 is 0. The lowest BCUT2D eigenvalue weighted by Gasteiger charge is -1.96. The smallest absolute Gasteiger partial charge is 0.215 e. The van der Waals surface area contributed by atoms with Crippen molar-refractivity contribution in [2.24, 2.45) is 0 Å². The molecule has 2 aromatic rings. The van der Waals surface area contributed by atoms with Gasteiger partial charge in [0.25, 0.3) is 5.78 Å². The minimum atomic E-state index is 0.283. The van der Waals surface area contributed by atoms with E-state index in [1.165, 1.54) is 10.8 Å². The molecule has 0 saturated heterocycles. The first-order valence-corrected chi connectivity index (χ1v) is 2.99. The summed E-state index contributed by atoms with van der Waals surface area (Å²) in [5.41, 5.74) is 0.688. The summed E-state index contributed by atoms with van der Waals surface area (Å²) in [4.78, 5) is 7.70. The van der Waals surface area contributed by atoms with Gasteiger partial charge in [-0.25, -0.2) is 9.50 Å². The average Bonchev–Trinajstić information content (AvgIpc) is 2.36. The molecule has 0 fully saturated rings. The fourth-order valence-electron chi connectivity index (χ4n) is 0.785. The Bertz CT molecular complexity index is 354. The van der Waals surface area contributed by atoms with Crippen LogP contribution in [0.4, 0.5) is 0 Å². The van der Waals surface area contributed by atoms with Crippen molar-refractivity contribution in [3.05, 3.63) is 37.6 Å². The second kappa shape index (κ2) is 2.02. The van der Waals surface area contributed by atoms with Crippen LogP contribution in [0.2, 0.25) is 0 Å². The molecule has 0 aromatic carbocycles. The maximum absolute atomic E-state index is 5.47. The van der Waals surface area contributed by atoms with E-state index in [4.69, 9.17) is 13.8 Å². The van der Waals surface area contributed by atoms with Crippen LogP contribution >= 0.6 is 0 Å². The first kappa shape index (κ1) is 6.27. The van der Waals surface area contributed by atoms with Crippen LogP contribution < -0.4 is 0 Å². The van der Waals surface area contributed by atoms with Crippen molar-refractivity contribution in [2.75, 3.05) is 0 Å². The van der Waals surface area contributed by atoms with Gasteiger partial charge in [0.2, 0.25) is 0 Å². The first-order valence-electron chi connectivity index (χ1n) is 2.99. The summed E-state index contributed by atoms with van der Waals surface area (Å²) in [5, 5.41) is 3.83. The van der Waals surface area contributed by atoms with Crippen LogP contribution in [0.15, 0.2) is 12.5 Å². The molecule has 0 saturated carbocycles. The molecule has 0 aliphatic carbocycles. The Kier molecular flexibility index (Phi) is 1.15. The maximum Gasteiger partial charge on any atom is 0.252 e. The molecule has 4 radical (unpaired) electrons. The number of nitrogens with zero attached hydrogens (tertiary/aromatic N) is 4. The van der Waals surface area contributed by atoms with E-state index in [1.54, 1.807) is 6.20 Å². The Balaban J connectivity index is 2.86. The second-order valence-electron chi connectivity index (χ2n) is 2.09. The third-order valence-corrected chi connectivity index (χ3v) is 1.33. The van der Waals surface area contributed by atoms with Crippen molar-refractivity contribution < 1.29 is 0 Å². The Morgan fingerprint density at radius 2 is 2.18 bits per heavy atom. The van der Waals surface area contributed by atoms with Gasteiger partial charge in [0.15, 0.2) is 0 Å². The third kappa shape index (κ3) is 0.869. The molecule has 4 heteroatoms. The third-order valence-electron chi connectivity index (χ3n) is 1.33. The zero-order valence-corrected chi connectivity index (χ0v) is 5.60. The number of rotatable bonds is 0. The van der Waals surface area contributed by atoms with Gasteiger partial charge < -0.3 is 0 Å². The molecular weight excluding hydrogens is 140 g/mol. The molecule has 2 rings (SSSR count). The number of hydrogen-bond donors (Lipinski definition) is 0. The van der Waals surface area contributed by atoms with Crippen molar-refractivity contribution in [3.8, 4) is 0 Å². The van der Waals surface area contributed by atoms with E-state index in [9.17, 15) is 0 Å². The van der Waals surface area contributed by atoms with Crippen molar-refractivity contribution >= 4 is 5.78 Å². The lowest BCUT2D eigenvalue weighted by Crippen LogP contribution is -1.95. The van der Waals surface area contributed by atoms with Gasteiger partial charge in [-0.05, 0) is 5.56 Å². The average molecular weight is 144 g/mol. The first-order chi connectivity index (χ1) is 5.27. The highest BCUT2D eigenvalue weighted by molar-refractivity contribution is 5.33. The molecule has 0 spiro atoms. The van der Waals surface area contributed by atoms with Crippen molar-refractivity contribution in [2.45, 2.75) is 0 Å². The van der Waals surface area contributed by atoms with Gasteiger partial charge >= 0.3 is 0 Å². The lowest BCUT2D eigenvalue weighted by atomic mass is 10.3. The van der Waals surface area contributed by atoms with Crippen molar-refractivity contribution in [1.82, 2.24) is 19.6 Å². The maximum atomic E-state index is 5.47. The minimum absolute atomic E-state index is 0.283. The molecule has 4 nitrogen and oxygen atoms in total. The van der Waals surface area contributed by atoms with E-state index in [0.29, 0.717) is 11.3 Å². The summed E-state index contributed by atoms with van der Waals surface area (Å²) in [6.07, 6.45) is 2.96. The highest BCUT2D eigenvalue weighted by Gasteiger charge is 1.99. The number of aromatic nitrogens is 4. The zero-order chi connectivity index (χ0) is 7.84. The summed E-state index contributed by atoms with van der Waals surface area (Å²) in [7, 11) is 0. The van der Waals surface area contributed by atoms with Crippen LogP contribution in [-0.4, -0.2) is 19.6 Å². The summed E-state index contributed by atoms with van der Waals surface area (Å²) in [5.74, 6) is 0.455. The van der Waals surface area contributed by atoms with Crippen LogP contribution in [0.1, 0.15) is 11.3 Å². The van der Waals surface area contributed by atoms with Gasteiger partial charge in [0.1, 0.15) is 6.33 Å². The predicted octanol–water partition coefficient (Wildman–Crippen LogP) is 0.243. The van der Waals surface area contributed by atoms with Crippen LogP contribution in [0.3, 0.4) is 0 Å². The molecule has 52 valence electrons. The van der Waals surface area contributed by atoms with Crippen molar-refractivity contribution in [3.63, 3.8) is 0 Å². The zero-order valence-electron chi connectivity index (χ0n) is 5.60. The van der Waals surface area contributed by atoms with E-state index >= 15 is 0 Å². The standard InChI is InChI=1S/C7H4N4/c1-5-3-11-7(8-4-9-11)10-6(5)2/h1-4H. The van der Waals surface area contributed by atoms with E-state index in [2.05, 4.69) is 15.1 Å². The normalized spacial score (nSPS) is 10.7. The fourth-order valence-corrected chi connectivity index (χ4v) is 0.785. The highest BCUT2D eigenvalue weighted by Crippen LogP contribution is 2.02. The molecule has 0 aliphatic heterocycles. The second-order valence-corrected chi connectivity index (χ2v) is 2.09. The van der Waals surface area contributed by atoms with Crippen molar-refractivity contribution in [1.29, 1.82) is 0 Å². The summed E-state index contributed by atoms with van der Waals surface area (Å²) in [6, 6.07) is 0. The van der Waals surface area contributed by atoms with E-state index in [1.807, 2.05) is 0 Å². The minimum Gasteiger partial charge on any atom is -0.215 e. The molecule has 0 bridgehead atoms. The largest absolute Gasteiger partial charge is 0.252 e. The van der Waals surface area contributed by atoms with Crippen LogP contribution in [0.5, 0.6) is 0 Å². The van der Waals surface area contributed by atoms with Gasteiger partial charge in [-0.1, -0.05) is 0 Å². The monoisotopic (exact) mass is 144 g/mol. The summed E-state index contributed by atoms with van der Waals surface area (Å²) in [6.45, 7) is 10.9. The van der Waals surface area contributed by atoms with Gasteiger partial charge in [0, 0.05) is 20.0 Å². The van der Waals surface area contributed by atoms with Gasteiger partial charge in [-0.3, -0.25) is 0 Å². The Labute approximate surface area is 63.9 Å². The topological polar surface area (TPSA) is 43.1 Å². The molecule has 0 amide bonds. The highest BCUT2D eigenvalue weighted by atomic mass is 15.3. The Morgan fingerprint density at radius 3 is 3.00 bits per heavy atom. The molecule has 0 atom stereocenters. The van der Waals surface area contributed by atoms with E-state index in [-0.39, 0.29) is 5.69 Å². The quantitative estimate of drug-likeness (QED) is 0.532. The fraction of sp³-hybridized carbons (Fsp3) is 0. The SMILES string of the molecule is [CH]c1cn2ncnc2nc1[CH]. The molecule has 0 N–H and O–H groups in total. The predicted molar refractivity (Wildman–Crippen MR) is 37.6 cm³/mol. The lowest BCUT2D eigenvalue weighted by molar-refractivity contribution is 0.928. The van der Waals surface area contributed by atoms with Crippen LogP contribution in [0.25, 0.3) is 5.78 Å². The number of fused-ring (bicyclic) bond motifs is 1. The van der Waals surface area contributed by atoms with Gasteiger partial charge in [-0.2, -0.15) is 10.1 Å². The molecular formula is C7H4N4. The molecule has 2 aromatic heterocycles. The summed E-state index contributed by atoms with van der Waals surface area (Å²) < 4.78 is 1.46. The Morgan fingerprint density at radius 1 is 1.36 bits per heavy atom. The molecule has 0 unspecified atom stereocenters. The van der Waals surface area contributed by atoms with Crippen LogP contribution in [0, 0.1) is 13.8 Å². The van der Waals surface area contributed by atoms with Gasteiger partial charge in [0.05, 0.1) is 5.69 Å². The van der Waals surface area contributed by atoms with Crippen LogP contribution in [-0.2, 0) is 0 Å². The van der Waals surface area contributed by atoms with E-state index in [0.717, 1.165) is 0 Å². The van der Waals surface area contributed by atoms with Gasteiger partial charge in [-0.15, -0.1) is 0 Å².